The molecule has 0 aromatic heterocycles. The Morgan fingerprint density at radius 1 is 1.06 bits per heavy atom. The molecule has 2 rings (SSSR count). The maximum absolute atomic E-state index is 12.4. The number of sulfonamides is 1. The van der Waals surface area contributed by atoms with E-state index >= 15 is 0 Å². The summed E-state index contributed by atoms with van der Waals surface area (Å²) < 4.78 is 66.4. The van der Waals surface area contributed by atoms with Gasteiger partial charge >= 0.3 is 6.61 Å². The molecule has 0 radical (unpaired) electrons. The van der Waals surface area contributed by atoms with Crippen molar-refractivity contribution in [2.24, 2.45) is 0 Å². The van der Waals surface area contributed by atoms with Crippen LogP contribution in [0.4, 0.5) is 8.78 Å². The van der Waals surface area contributed by atoms with Crippen molar-refractivity contribution in [1.29, 1.82) is 0 Å². The predicted octanol–water partition coefficient (Wildman–Crippen LogP) is 2.85. The van der Waals surface area contributed by atoms with Gasteiger partial charge in [0.1, 0.15) is 5.75 Å². The van der Waals surface area contributed by atoms with Gasteiger partial charge in [0.15, 0.2) is 11.5 Å². The third-order valence-electron chi connectivity index (χ3n) is 4.27. The quantitative estimate of drug-likeness (QED) is 0.537. The second-order valence-electron chi connectivity index (χ2n) is 6.40. The first kappa shape index (κ1) is 24.4. The Bertz CT molecular complexity index is 1000. The van der Waals surface area contributed by atoms with E-state index in [1.54, 1.807) is 13.0 Å². The molecule has 2 aromatic carbocycles. The molecule has 0 aliphatic rings. The minimum atomic E-state index is -3.86. The number of carbonyl (C=O) groups is 1. The SMILES string of the molecule is COc1ccc(S(=O)(=O)NCCC(=O)NC(C)c2cccc(OC(F)F)c2)cc1OC. The number of rotatable bonds is 11. The Balaban J connectivity index is 1.91. The summed E-state index contributed by atoms with van der Waals surface area (Å²) >= 11 is 0. The van der Waals surface area contributed by atoms with Crippen molar-refractivity contribution >= 4 is 15.9 Å². The number of amides is 1. The number of hydrogen-bond donors (Lipinski definition) is 2. The highest BCUT2D eigenvalue weighted by Gasteiger charge is 2.18. The number of methoxy groups -OCH3 is 2. The molecule has 0 heterocycles. The maximum atomic E-state index is 12.4. The summed E-state index contributed by atoms with van der Waals surface area (Å²) in [7, 11) is -1.04. The van der Waals surface area contributed by atoms with E-state index in [2.05, 4.69) is 14.8 Å². The van der Waals surface area contributed by atoms with Crippen LogP contribution in [0.25, 0.3) is 0 Å². The van der Waals surface area contributed by atoms with Gasteiger partial charge in [-0.05, 0) is 36.8 Å². The number of carbonyl (C=O) groups excluding carboxylic acids is 1. The van der Waals surface area contributed by atoms with Crippen LogP contribution in [0.2, 0.25) is 0 Å². The minimum Gasteiger partial charge on any atom is -0.493 e. The van der Waals surface area contributed by atoms with Crippen molar-refractivity contribution in [1.82, 2.24) is 10.0 Å². The second kappa shape index (κ2) is 10.9. The molecule has 2 N–H and O–H groups in total. The van der Waals surface area contributed by atoms with Crippen LogP contribution in [-0.2, 0) is 14.8 Å². The smallest absolute Gasteiger partial charge is 0.387 e. The lowest BCUT2D eigenvalue weighted by molar-refractivity contribution is -0.121. The van der Waals surface area contributed by atoms with E-state index in [-0.39, 0.29) is 29.4 Å². The number of benzene rings is 2. The molecule has 1 amide bonds. The molecule has 2 aromatic rings. The summed E-state index contributed by atoms with van der Waals surface area (Å²) in [4.78, 5) is 12.1. The fourth-order valence-corrected chi connectivity index (χ4v) is 3.77. The van der Waals surface area contributed by atoms with Gasteiger partial charge in [0, 0.05) is 19.0 Å². The molecule has 0 fully saturated rings. The first-order valence-corrected chi connectivity index (χ1v) is 10.7. The van der Waals surface area contributed by atoms with Gasteiger partial charge in [0.25, 0.3) is 0 Å². The number of nitrogens with one attached hydrogen (secondary N) is 2. The zero-order valence-electron chi connectivity index (χ0n) is 17.2. The van der Waals surface area contributed by atoms with Gasteiger partial charge < -0.3 is 19.5 Å². The molecular formula is C20H24F2N2O6S. The zero-order chi connectivity index (χ0) is 23.0. The van der Waals surface area contributed by atoms with E-state index in [0.29, 0.717) is 11.3 Å². The molecule has 0 aliphatic carbocycles. The highest BCUT2D eigenvalue weighted by molar-refractivity contribution is 7.89. The lowest BCUT2D eigenvalue weighted by Gasteiger charge is -2.16. The van der Waals surface area contributed by atoms with Gasteiger partial charge in [-0.2, -0.15) is 8.78 Å². The Morgan fingerprint density at radius 3 is 2.42 bits per heavy atom. The number of hydrogen-bond acceptors (Lipinski definition) is 6. The topological polar surface area (TPSA) is 103 Å². The summed E-state index contributed by atoms with van der Waals surface area (Å²) in [6.07, 6.45) is -0.121. The van der Waals surface area contributed by atoms with Crippen molar-refractivity contribution in [2.45, 2.75) is 30.9 Å². The van der Waals surface area contributed by atoms with E-state index in [4.69, 9.17) is 9.47 Å². The highest BCUT2D eigenvalue weighted by atomic mass is 32.2. The summed E-state index contributed by atoms with van der Waals surface area (Å²) in [5.74, 6) is 0.215. The molecule has 31 heavy (non-hydrogen) atoms. The number of halogens is 2. The maximum Gasteiger partial charge on any atom is 0.387 e. The van der Waals surface area contributed by atoms with Crippen LogP contribution >= 0.6 is 0 Å². The molecule has 170 valence electrons. The lowest BCUT2D eigenvalue weighted by Crippen LogP contribution is -2.32. The average Bonchev–Trinajstić information content (AvgIpc) is 2.72. The van der Waals surface area contributed by atoms with Gasteiger partial charge in [-0.1, -0.05) is 12.1 Å². The van der Waals surface area contributed by atoms with Gasteiger partial charge in [0.2, 0.25) is 15.9 Å². The third kappa shape index (κ3) is 7.07. The summed E-state index contributed by atoms with van der Waals surface area (Å²) in [6, 6.07) is 9.63. The van der Waals surface area contributed by atoms with Gasteiger partial charge in [-0.15, -0.1) is 0 Å². The van der Waals surface area contributed by atoms with E-state index in [1.165, 1.54) is 50.6 Å². The van der Waals surface area contributed by atoms with Crippen molar-refractivity contribution in [3.63, 3.8) is 0 Å². The normalized spacial score (nSPS) is 12.3. The van der Waals surface area contributed by atoms with Crippen LogP contribution in [0, 0.1) is 0 Å². The number of ether oxygens (including phenoxy) is 3. The van der Waals surface area contributed by atoms with Crippen LogP contribution in [0.15, 0.2) is 47.4 Å². The molecule has 0 spiro atoms. The predicted molar refractivity (Wildman–Crippen MR) is 109 cm³/mol. The van der Waals surface area contributed by atoms with Crippen molar-refractivity contribution in [2.75, 3.05) is 20.8 Å². The van der Waals surface area contributed by atoms with Crippen molar-refractivity contribution in [3.05, 3.63) is 48.0 Å². The standard InChI is InChI=1S/C20H24F2N2O6S/c1-13(14-5-4-6-15(11-14)30-20(21)22)24-19(25)9-10-23-31(26,27)16-7-8-17(28-2)18(12-16)29-3/h4-8,11-13,20,23H,9-10H2,1-3H3,(H,24,25). The Morgan fingerprint density at radius 2 is 1.77 bits per heavy atom. The lowest BCUT2D eigenvalue weighted by atomic mass is 10.1. The van der Waals surface area contributed by atoms with Gasteiger partial charge in [0.05, 0.1) is 25.2 Å². The molecule has 0 bridgehead atoms. The van der Waals surface area contributed by atoms with E-state index in [9.17, 15) is 22.0 Å². The average molecular weight is 458 g/mol. The molecule has 1 atom stereocenters. The van der Waals surface area contributed by atoms with Crippen LogP contribution in [0.1, 0.15) is 24.9 Å². The van der Waals surface area contributed by atoms with Crippen molar-refractivity contribution in [3.8, 4) is 17.2 Å². The summed E-state index contributed by atoms with van der Waals surface area (Å²) in [6.45, 7) is -1.41. The third-order valence-corrected chi connectivity index (χ3v) is 5.73. The first-order valence-electron chi connectivity index (χ1n) is 9.22. The Kier molecular flexibility index (Phi) is 8.57. The Hall–Kier alpha value is -2.92. The molecule has 8 nitrogen and oxygen atoms in total. The van der Waals surface area contributed by atoms with Crippen LogP contribution in [-0.4, -0.2) is 41.7 Å². The molecular weight excluding hydrogens is 434 g/mol. The minimum absolute atomic E-state index is 0.0173. The van der Waals surface area contributed by atoms with Crippen LogP contribution in [0.3, 0.4) is 0 Å². The first-order chi connectivity index (χ1) is 14.7. The second-order valence-corrected chi connectivity index (χ2v) is 8.17. The monoisotopic (exact) mass is 458 g/mol. The number of alkyl halides is 2. The summed E-state index contributed by atoms with van der Waals surface area (Å²) in [5.41, 5.74) is 0.567. The van der Waals surface area contributed by atoms with Gasteiger partial charge in [-0.25, -0.2) is 13.1 Å². The fourth-order valence-electron chi connectivity index (χ4n) is 2.72. The molecule has 1 unspecified atom stereocenters. The van der Waals surface area contributed by atoms with E-state index in [0.717, 1.165) is 0 Å². The molecule has 0 saturated carbocycles. The van der Waals surface area contributed by atoms with Gasteiger partial charge in [-0.3, -0.25) is 4.79 Å². The largest absolute Gasteiger partial charge is 0.493 e. The highest BCUT2D eigenvalue weighted by Crippen LogP contribution is 2.29. The van der Waals surface area contributed by atoms with Crippen molar-refractivity contribution < 1.29 is 36.2 Å². The Labute approximate surface area is 179 Å². The van der Waals surface area contributed by atoms with E-state index in [1.807, 2.05) is 0 Å². The van der Waals surface area contributed by atoms with Crippen LogP contribution < -0.4 is 24.2 Å². The zero-order valence-corrected chi connectivity index (χ0v) is 18.0. The molecule has 11 heteroatoms. The molecule has 0 aliphatic heterocycles. The molecule has 0 saturated heterocycles. The van der Waals surface area contributed by atoms with Crippen LogP contribution in [0.5, 0.6) is 17.2 Å². The fraction of sp³-hybridized carbons (Fsp3) is 0.350. The summed E-state index contributed by atoms with van der Waals surface area (Å²) in [5, 5.41) is 2.68. The van der Waals surface area contributed by atoms with E-state index < -0.39 is 28.6 Å².